The summed E-state index contributed by atoms with van der Waals surface area (Å²) in [5, 5.41) is 33.1. The van der Waals surface area contributed by atoms with Crippen molar-refractivity contribution in [3.63, 3.8) is 0 Å². The molecule has 1 aromatic heterocycles. The minimum atomic E-state index is -4.40. The van der Waals surface area contributed by atoms with E-state index in [1.165, 1.54) is 42.1 Å². The number of nitrogens with zero attached hydrogens (tertiary/aromatic N) is 3. The number of carboxylic acids is 2. The van der Waals surface area contributed by atoms with Gasteiger partial charge in [0, 0.05) is 41.2 Å². The lowest BCUT2D eigenvalue weighted by Crippen LogP contribution is -2.47. The molecule has 1 amide bonds. The fourth-order valence-electron chi connectivity index (χ4n) is 6.88. The summed E-state index contributed by atoms with van der Waals surface area (Å²) in [4.78, 5) is 51.0. The molecular formula is C41H42F5N3O8S. The molecule has 2 atom stereocenters. The maximum atomic E-state index is 14.5. The van der Waals surface area contributed by atoms with E-state index in [4.69, 9.17) is 20.4 Å². The molecule has 0 spiro atoms. The number of hydrogen-bond donors (Lipinski definition) is 4. The average Bonchev–Trinajstić information content (AvgIpc) is 3.70. The highest BCUT2D eigenvalue weighted by molar-refractivity contribution is 7.98. The van der Waals surface area contributed by atoms with E-state index in [2.05, 4.69) is 11.9 Å². The zero-order valence-electron chi connectivity index (χ0n) is 31.3. The number of aliphatic hydroxyl groups is 2. The van der Waals surface area contributed by atoms with Gasteiger partial charge in [-0.15, -0.1) is 11.8 Å². The van der Waals surface area contributed by atoms with Crippen LogP contribution in [-0.2, 0) is 52.2 Å². The zero-order chi connectivity index (χ0) is 42.3. The third-order valence-electron chi connectivity index (χ3n) is 10.1. The quantitative estimate of drug-likeness (QED) is 0.105. The van der Waals surface area contributed by atoms with Crippen molar-refractivity contribution in [2.24, 2.45) is 0 Å². The van der Waals surface area contributed by atoms with Gasteiger partial charge in [-0.05, 0) is 87.1 Å². The Bertz CT molecular complexity index is 2140. The molecule has 2 aliphatic rings. The third-order valence-corrected chi connectivity index (χ3v) is 11.2. The minimum Gasteiger partial charge on any atom is -0.479 e. The molecule has 11 nitrogen and oxygen atoms in total. The number of aliphatic carboxylic acids is 2. The number of pyridine rings is 1. The lowest BCUT2D eigenvalue weighted by Gasteiger charge is -2.38. The number of carboxylic acid groups (broad SMARTS) is 2. The average molecular weight is 832 g/mol. The topological polar surface area (TPSA) is 161 Å². The number of aliphatic hydroxyl groups excluding tert-OH is 2. The molecule has 6 rings (SSSR count). The highest BCUT2D eigenvalue weighted by Gasteiger charge is 2.32. The van der Waals surface area contributed by atoms with Gasteiger partial charge in [0.05, 0.1) is 10.6 Å². The molecule has 4 N–H and O–H groups in total. The van der Waals surface area contributed by atoms with Crippen LogP contribution in [0, 0.1) is 11.6 Å². The highest BCUT2D eigenvalue weighted by atomic mass is 32.2. The summed E-state index contributed by atoms with van der Waals surface area (Å²) in [5.74, 6) is -5.40. The van der Waals surface area contributed by atoms with Gasteiger partial charge < -0.3 is 34.8 Å². The number of halogens is 5. The lowest BCUT2D eigenvalue weighted by molar-refractivity contribution is -0.165. The summed E-state index contributed by atoms with van der Waals surface area (Å²) >= 11 is 1.21. The van der Waals surface area contributed by atoms with Crippen molar-refractivity contribution in [1.29, 1.82) is 0 Å². The Morgan fingerprint density at radius 1 is 0.879 bits per heavy atom. The van der Waals surface area contributed by atoms with Crippen LogP contribution in [0.2, 0.25) is 0 Å². The fraction of sp³-hybridized carbons (Fsp3) is 0.366. The molecule has 1 aliphatic heterocycles. The molecule has 0 radical (unpaired) electrons. The second-order valence-corrected chi connectivity index (χ2v) is 15.1. The van der Waals surface area contributed by atoms with Crippen LogP contribution in [0.5, 0.6) is 0 Å². The van der Waals surface area contributed by atoms with Gasteiger partial charge in [-0.2, -0.15) is 13.2 Å². The molecule has 1 aliphatic carbocycles. The lowest BCUT2D eigenvalue weighted by atomic mass is 10.0. The number of likely N-dealkylation sites (tertiary alicyclic amines) is 1. The Hall–Kier alpha value is -5.10. The maximum absolute atomic E-state index is 14.5. The summed E-state index contributed by atoms with van der Waals surface area (Å²) in [5.41, 5.74) is 3.21. The summed E-state index contributed by atoms with van der Waals surface area (Å²) in [6.07, 6.45) is -5.25. The molecule has 58 heavy (non-hydrogen) atoms. The number of carbonyl (C=O) groups excluding carboxylic acids is 1. The molecule has 0 unspecified atom stereocenters. The maximum Gasteiger partial charge on any atom is 0.416 e. The first-order valence-corrected chi connectivity index (χ1v) is 19.3. The van der Waals surface area contributed by atoms with E-state index >= 15 is 0 Å². The normalized spacial score (nSPS) is 15.5. The van der Waals surface area contributed by atoms with Crippen LogP contribution in [0.3, 0.4) is 0 Å². The van der Waals surface area contributed by atoms with Crippen molar-refractivity contribution >= 4 is 29.6 Å². The van der Waals surface area contributed by atoms with Gasteiger partial charge >= 0.3 is 18.1 Å². The Morgan fingerprint density at radius 2 is 1.47 bits per heavy atom. The molecule has 17 heteroatoms. The number of fused-ring (bicyclic) bond motifs is 1. The molecule has 310 valence electrons. The number of benzene rings is 3. The van der Waals surface area contributed by atoms with Crippen LogP contribution in [0.1, 0.15) is 47.2 Å². The van der Waals surface area contributed by atoms with Crippen LogP contribution >= 0.6 is 11.8 Å². The monoisotopic (exact) mass is 831 g/mol. The molecular weight excluding hydrogens is 790 g/mol. The first-order valence-electron chi connectivity index (χ1n) is 18.3. The molecule has 3 aromatic carbocycles. The Morgan fingerprint density at radius 3 is 2.03 bits per heavy atom. The zero-order valence-corrected chi connectivity index (χ0v) is 32.1. The number of amides is 1. The number of aromatic nitrogens is 1. The van der Waals surface area contributed by atoms with Crippen LogP contribution in [0.15, 0.2) is 82.6 Å². The second-order valence-electron chi connectivity index (χ2n) is 14.1. The Balaban J connectivity index is 0.000000567. The number of rotatable bonds is 12. The van der Waals surface area contributed by atoms with E-state index in [9.17, 15) is 41.1 Å². The van der Waals surface area contributed by atoms with Crippen molar-refractivity contribution in [2.45, 2.75) is 80.4 Å². The van der Waals surface area contributed by atoms with Gasteiger partial charge in [0.25, 0.3) is 0 Å². The van der Waals surface area contributed by atoms with Crippen LogP contribution in [0.25, 0.3) is 11.1 Å². The fourth-order valence-corrected chi connectivity index (χ4v) is 7.93. The van der Waals surface area contributed by atoms with E-state index in [-0.39, 0.29) is 35.2 Å². The standard InChI is InChI=1S/C37H36F5N3O2S.C4H6O6/c1-43-18-16-29(17-19-43)44(21-24-8-10-25(11-9-24)26-12-14-28(15-13-26)37(40,41)42)34(47)22-45-32-7-3-5-30(32)33(46)20-35(45)48-23-27-4-2-6-31(38)36(27)39;5-1(3(7)8)2(6)4(9)10/h2,4,6,8-15,20,29H,3,5,7,16-19,21-23H2,1H3;1-2,5-6H,(H,7,8)(H,9,10)/t;1-,2-/m.1/s1. The SMILES string of the molecule is CN1CCC(N(Cc2ccc(-c3ccc(C(F)(F)F)cc3)cc2)C(=O)Cn2c(SCc3cccc(F)c3F)cc(=O)c3c2CCC3)CC1.O=C(O)[C@H](O)[C@@H](O)C(=O)O. The van der Waals surface area contributed by atoms with Gasteiger partial charge in [0.15, 0.2) is 29.3 Å². The number of hydrogen-bond acceptors (Lipinski definition) is 8. The predicted octanol–water partition coefficient (Wildman–Crippen LogP) is 5.59. The van der Waals surface area contributed by atoms with E-state index in [1.807, 2.05) is 33.7 Å². The van der Waals surface area contributed by atoms with Crippen LogP contribution < -0.4 is 5.43 Å². The van der Waals surface area contributed by atoms with E-state index in [0.29, 0.717) is 35.5 Å². The van der Waals surface area contributed by atoms with Gasteiger partial charge in [-0.3, -0.25) is 9.59 Å². The van der Waals surface area contributed by atoms with Gasteiger partial charge in [-0.1, -0.05) is 48.5 Å². The van der Waals surface area contributed by atoms with Gasteiger partial charge in [0.2, 0.25) is 5.91 Å². The summed E-state index contributed by atoms with van der Waals surface area (Å²) in [6, 6.07) is 18.1. The number of piperidine rings is 1. The number of alkyl halides is 3. The summed E-state index contributed by atoms with van der Waals surface area (Å²) in [7, 11) is 2.05. The number of thioether (sulfide) groups is 1. The molecule has 0 bridgehead atoms. The van der Waals surface area contributed by atoms with Crippen LogP contribution in [-0.4, -0.2) is 91.0 Å². The molecule has 4 aromatic rings. The molecule has 2 heterocycles. The van der Waals surface area contributed by atoms with Crippen molar-refractivity contribution in [1.82, 2.24) is 14.4 Å². The second kappa shape index (κ2) is 19.1. The van der Waals surface area contributed by atoms with Crippen molar-refractivity contribution in [3.05, 3.63) is 123 Å². The highest BCUT2D eigenvalue weighted by Crippen LogP contribution is 2.32. The molecule has 1 fully saturated rings. The van der Waals surface area contributed by atoms with Gasteiger partial charge in [-0.25, -0.2) is 18.4 Å². The van der Waals surface area contributed by atoms with E-state index < -0.39 is 47.5 Å². The summed E-state index contributed by atoms with van der Waals surface area (Å²) in [6.45, 7) is 2.04. The van der Waals surface area contributed by atoms with Crippen LogP contribution in [0.4, 0.5) is 22.0 Å². The number of carbonyl (C=O) groups is 3. The summed E-state index contributed by atoms with van der Waals surface area (Å²) < 4.78 is 69.4. The largest absolute Gasteiger partial charge is 0.479 e. The van der Waals surface area contributed by atoms with Crippen molar-refractivity contribution in [2.75, 3.05) is 20.1 Å². The predicted molar refractivity (Wildman–Crippen MR) is 204 cm³/mol. The van der Waals surface area contributed by atoms with Crippen molar-refractivity contribution in [3.8, 4) is 11.1 Å². The molecule has 0 saturated carbocycles. The Kier molecular flexibility index (Phi) is 14.5. The smallest absolute Gasteiger partial charge is 0.416 e. The third kappa shape index (κ3) is 10.9. The van der Waals surface area contributed by atoms with E-state index in [1.54, 1.807) is 0 Å². The first-order chi connectivity index (χ1) is 27.4. The van der Waals surface area contributed by atoms with Gasteiger partial charge in [0.1, 0.15) is 6.54 Å². The molecule has 1 saturated heterocycles. The Labute approximate surface area is 334 Å². The van der Waals surface area contributed by atoms with Crippen molar-refractivity contribution < 1.29 is 56.8 Å². The first kappa shape index (κ1) is 44.0. The van der Waals surface area contributed by atoms with E-state index in [0.717, 1.165) is 67.4 Å². The minimum absolute atomic E-state index is 0.00628.